The van der Waals surface area contributed by atoms with Crippen molar-refractivity contribution in [3.63, 3.8) is 0 Å². The van der Waals surface area contributed by atoms with Crippen LogP contribution in [0.1, 0.15) is 59.8 Å². The standard InChI is InChI=1S/C12H26O2/c1-5-10(6-2)11(13)8-9-12(4,14)7-3/h10-11,13-14H,5-9H2,1-4H3. The van der Waals surface area contributed by atoms with Gasteiger partial charge in [0.2, 0.25) is 0 Å². The third-order valence-electron chi connectivity index (χ3n) is 3.33. The molecule has 2 heteroatoms. The lowest BCUT2D eigenvalue weighted by molar-refractivity contribution is 0.0161. The smallest absolute Gasteiger partial charge is 0.0618 e. The zero-order chi connectivity index (χ0) is 11.2. The molecule has 0 aromatic rings. The fourth-order valence-corrected chi connectivity index (χ4v) is 1.70. The second-order valence-electron chi connectivity index (χ2n) is 4.53. The Morgan fingerprint density at radius 2 is 1.64 bits per heavy atom. The SMILES string of the molecule is CCC(CC)C(O)CCC(C)(O)CC. The second-order valence-corrected chi connectivity index (χ2v) is 4.53. The Bertz CT molecular complexity index is 139. The minimum absolute atomic E-state index is 0.247. The van der Waals surface area contributed by atoms with E-state index in [1.807, 2.05) is 13.8 Å². The van der Waals surface area contributed by atoms with E-state index in [1.165, 1.54) is 0 Å². The quantitative estimate of drug-likeness (QED) is 0.666. The van der Waals surface area contributed by atoms with Crippen molar-refractivity contribution in [2.24, 2.45) is 5.92 Å². The summed E-state index contributed by atoms with van der Waals surface area (Å²) < 4.78 is 0. The van der Waals surface area contributed by atoms with Crippen molar-refractivity contribution < 1.29 is 10.2 Å². The highest BCUT2D eigenvalue weighted by atomic mass is 16.3. The maximum Gasteiger partial charge on any atom is 0.0618 e. The van der Waals surface area contributed by atoms with Gasteiger partial charge in [-0.2, -0.15) is 0 Å². The zero-order valence-corrected chi connectivity index (χ0v) is 10.1. The monoisotopic (exact) mass is 202 g/mol. The van der Waals surface area contributed by atoms with Crippen molar-refractivity contribution in [3.8, 4) is 0 Å². The summed E-state index contributed by atoms with van der Waals surface area (Å²) in [7, 11) is 0. The number of aliphatic hydroxyl groups is 2. The molecule has 0 bridgehead atoms. The maximum absolute atomic E-state index is 9.86. The number of hydrogen-bond donors (Lipinski definition) is 2. The molecule has 0 amide bonds. The van der Waals surface area contributed by atoms with Crippen LogP contribution in [0.4, 0.5) is 0 Å². The van der Waals surface area contributed by atoms with Crippen LogP contribution in [-0.2, 0) is 0 Å². The van der Waals surface area contributed by atoms with Crippen molar-refractivity contribution in [2.75, 3.05) is 0 Å². The molecule has 0 saturated heterocycles. The molecule has 2 atom stereocenters. The largest absolute Gasteiger partial charge is 0.393 e. The Kier molecular flexibility index (Phi) is 6.38. The summed E-state index contributed by atoms with van der Waals surface area (Å²) in [6.45, 7) is 8.03. The average Bonchev–Trinajstić information content (AvgIpc) is 2.17. The first-order valence-electron chi connectivity index (χ1n) is 5.87. The van der Waals surface area contributed by atoms with Crippen LogP contribution in [0.15, 0.2) is 0 Å². The minimum atomic E-state index is -0.604. The van der Waals surface area contributed by atoms with Gasteiger partial charge in [-0.25, -0.2) is 0 Å². The van der Waals surface area contributed by atoms with E-state index >= 15 is 0 Å². The third-order valence-corrected chi connectivity index (χ3v) is 3.33. The van der Waals surface area contributed by atoms with E-state index in [9.17, 15) is 10.2 Å². The molecule has 2 nitrogen and oxygen atoms in total. The van der Waals surface area contributed by atoms with Crippen LogP contribution >= 0.6 is 0 Å². The molecular weight excluding hydrogens is 176 g/mol. The minimum Gasteiger partial charge on any atom is -0.393 e. The molecule has 0 saturated carbocycles. The highest BCUT2D eigenvalue weighted by Gasteiger charge is 2.22. The van der Waals surface area contributed by atoms with Crippen molar-refractivity contribution in [3.05, 3.63) is 0 Å². The molecular formula is C12H26O2. The highest BCUT2D eigenvalue weighted by Crippen LogP contribution is 2.22. The van der Waals surface area contributed by atoms with Gasteiger partial charge in [0.05, 0.1) is 11.7 Å². The summed E-state index contributed by atoms with van der Waals surface area (Å²) >= 11 is 0. The predicted octanol–water partition coefficient (Wildman–Crippen LogP) is 2.72. The van der Waals surface area contributed by atoms with Crippen LogP contribution in [-0.4, -0.2) is 21.9 Å². The lowest BCUT2D eigenvalue weighted by atomic mass is 9.88. The fourth-order valence-electron chi connectivity index (χ4n) is 1.70. The summed E-state index contributed by atoms with van der Waals surface area (Å²) in [6, 6.07) is 0. The van der Waals surface area contributed by atoms with Gasteiger partial charge in [0.25, 0.3) is 0 Å². The first kappa shape index (κ1) is 13.9. The summed E-state index contributed by atoms with van der Waals surface area (Å²) in [4.78, 5) is 0. The van der Waals surface area contributed by atoms with Gasteiger partial charge in [-0.15, -0.1) is 0 Å². The molecule has 0 aliphatic heterocycles. The Hall–Kier alpha value is -0.0800. The van der Waals surface area contributed by atoms with Gasteiger partial charge < -0.3 is 10.2 Å². The van der Waals surface area contributed by atoms with Gasteiger partial charge >= 0.3 is 0 Å². The van der Waals surface area contributed by atoms with E-state index in [1.54, 1.807) is 0 Å². The van der Waals surface area contributed by atoms with E-state index < -0.39 is 5.60 Å². The Labute approximate surface area is 88.3 Å². The van der Waals surface area contributed by atoms with Crippen LogP contribution in [0, 0.1) is 5.92 Å². The molecule has 0 aliphatic rings. The molecule has 0 aliphatic carbocycles. The lowest BCUT2D eigenvalue weighted by Crippen LogP contribution is -2.27. The number of rotatable bonds is 7. The second kappa shape index (κ2) is 6.41. The van der Waals surface area contributed by atoms with E-state index in [4.69, 9.17) is 0 Å². The van der Waals surface area contributed by atoms with Gasteiger partial charge in [-0.3, -0.25) is 0 Å². The molecule has 0 rings (SSSR count). The van der Waals surface area contributed by atoms with Crippen LogP contribution in [0.2, 0.25) is 0 Å². The normalized spacial score (nSPS) is 18.2. The summed E-state index contributed by atoms with van der Waals surface area (Å²) in [5.41, 5.74) is -0.604. The van der Waals surface area contributed by atoms with Crippen molar-refractivity contribution in [1.29, 1.82) is 0 Å². The Balaban J connectivity index is 3.88. The van der Waals surface area contributed by atoms with Gasteiger partial charge in [0.1, 0.15) is 0 Å². The molecule has 0 spiro atoms. The number of aliphatic hydroxyl groups excluding tert-OH is 1. The van der Waals surface area contributed by atoms with E-state index in [-0.39, 0.29) is 6.10 Å². The highest BCUT2D eigenvalue weighted by molar-refractivity contribution is 4.74. The van der Waals surface area contributed by atoms with E-state index in [0.717, 1.165) is 19.3 Å². The molecule has 0 aromatic heterocycles. The fraction of sp³-hybridized carbons (Fsp3) is 1.00. The molecule has 86 valence electrons. The first-order valence-corrected chi connectivity index (χ1v) is 5.87. The lowest BCUT2D eigenvalue weighted by Gasteiger charge is -2.25. The maximum atomic E-state index is 9.86. The average molecular weight is 202 g/mol. The zero-order valence-electron chi connectivity index (χ0n) is 10.1. The summed E-state index contributed by atoms with van der Waals surface area (Å²) in [6.07, 6.45) is 3.96. The molecule has 14 heavy (non-hydrogen) atoms. The van der Waals surface area contributed by atoms with Crippen LogP contribution in [0.5, 0.6) is 0 Å². The third kappa shape index (κ3) is 4.97. The van der Waals surface area contributed by atoms with Crippen molar-refractivity contribution >= 4 is 0 Å². The molecule has 0 radical (unpaired) electrons. The summed E-state index contributed by atoms with van der Waals surface area (Å²) in [5, 5.41) is 19.6. The Morgan fingerprint density at radius 1 is 1.14 bits per heavy atom. The molecule has 0 fully saturated rings. The molecule has 2 unspecified atom stereocenters. The van der Waals surface area contributed by atoms with Crippen molar-refractivity contribution in [2.45, 2.75) is 71.5 Å². The topological polar surface area (TPSA) is 40.5 Å². The van der Waals surface area contributed by atoms with Crippen molar-refractivity contribution in [1.82, 2.24) is 0 Å². The number of hydrogen-bond acceptors (Lipinski definition) is 2. The van der Waals surface area contributed by atoms with E-state index in [2.05, 4.69) is 13.8 Å². The van der Waals surface area contributed by atoms with Crippen LogP contribution in [0.25, 0.3) is 0 Å². The molecule has 0 aromatic carbocycles. The van der Waals surface area contributed by atoms with Crippen LogP contribution in [0.3, 0.4) is 0 Å². The summed E-state index contributed by atoms with van der Waals surface area (Å²) in [5.74, 6) is 0.391. The first-order chi connectivity index (χ1) is 6.46. The van der Waals surface area contributed by atoms with Gasteiger partial charge in [0.15, 0.2) is 0 Å². The molecule has 0 heterocycles. The van der Waals surface area contributed by atoms with Gasteiger partial charge in [-0.05, 0) is 32.1 Å². The van der Waals surface area contributed by atoms with E-state index in [0.29, 0.717) is 18.8 Å². The predicted molar refractivity (Wildman–Crippen MR) is 60.2 cm³/mol. The molecule has 2 N–H and O–H groups in total. The Morgan fingerprint density at radius 3 is 2.00 bits per heavy atom. The van der Waals surface area contributed by atoms with Crippen LogP contribution < -0.4 is 0 Å². The van der Waals surface area contributed by atoms with Gasteiger partial charge in [0, 0.05) is 0 Å². The van der Waals surface area contributed by atoms with Gasteiger partial charge in [-0.1, -0.05) is 33.6 Å².